The second-order valence-corrected chi connectivity index (χ2v) is 7.12. The van der Waals surface area contributed by atoms with Gasteiger partial charge in [0, 0.05) is 37.7 Å². The van der Waals surface area contributed by atoms with Crippen LogP contribution in [-0.2, 0) is 0 Å². The number of anilines is 1. The Balaban J connectivity index is 1.44. The van der Waals surface area contributed by atoms with Crippen molar-refractivity contribution in [3.8, 4) is 0 Å². The molecule has 8 nitrogen and oxygen atoms in total. The van der Waals surface area contributed by atoms with Gasteiger partial charge in [0.2, 0.25) is 5.13 Å². The third-order valence-corrected chi connectivity index (χ3v) is 5.52. The van der Waals surface area contributed by atoms with Crippen molar-refractivity contribution in [2.45, 2.75) is 45.2 Å². The average Bonchev–Trinajstić information content (AvgIpc) is 3.21. The van der Waals surface area contributed by atoms with Crippen LogP contribution in [0.5, 0.6) is 0 Å². The highest BCUT2D eigenvalue weighted by atomic mass is 32.1. The molecule has 0 unspecified atom stereocenters. The molecule has 2 fully saturated rings. The Hall–Kier alpha value is -1.61. The summed E-state index contributed by atoms with van der Waals surface area (Å²) in [5, 5.41) is 13.4. The average molecular weight is 334 g/mol. The van der Waals surface area contributed by atoms with E-state index in [1.807, 2.05) is 11.6 Å². The van der Waals surface area contributed by atoms with E-state index in [2.05, 4.69) is 41.6 Å². The van der Waals surface area contributed by atoms with Gasteiger partial charge in [-0.05, 0) is 43.5 Å². The molecule has 1 saturated carbocycles. The third kappa shape index (κ3) is 3.07. The van der Waals surface area contributed by atoms with Crippen molar-refractivity contribution in [3.05, 3.63) is 11.6 Å². The molecule has 1 saturated heterocycles. The lowest BCUT2D eigenvalue weighted by Crippen LogP contribution is -2.33. The summed E-state index contributed by atoms with van der Waals surface area (Å²) in [6, 6.07) is 0.775. The Kier molecular flexibility index (Phi) is 3.98. The minimum absolute atomic E-state index is 0.252. The molecule has 2 aromatic heterocycles. The molecule has 1 aliphatic heterocycles. The highest BCUT2D eigenvalue weighted by Crippen LogP contribution is 2.36. The smallest absolute Gasteiger partial charge is 0.205 e. The molecule has 0 amide bonds. The van der Waals surface area contributed by atoms with Gasteiger partial charge >= 0.3 is 0 Å². The predicted octanol–water partition coefficient (Wildman–Crippen LogP) is 1.44. The van der Waals surface area contributed by atoms with Gasteiger partial charge in [0.05, 0.1) is 12.1 Å². The second kappa shape index (κ2) is 6.12. The van der Waals surface area contributed by atoms with E-state index in [0.29, 0.717) is 6.04 Å². The van der Waals surface area contributed by atoms with Crippen molar-refractivity contribution < 1.29 is 0 Å². The van der Waals surface area contributed by atoms with E-state index < -0.39 is 0 Å². The van der Waals surface area contributed by atoms with Crippen molar-refractivity contribution in [2.24, 2.45) is 0 Å². The molecule has 3 heterocycles. The first-order valence-electron chi connectivity index (χ1n) is 8.29. The first-order valence-corrected chi connectivity index (χ1v) is 9.07. The lowest BCUT2D eigenvalue weighted by atomic mass is 10.2. The number of rotatable bonds is 4. The van der Waals surface area contributed by atoms with E-state index in [1.54, 1.807) is 0 Å². The summed E-state index contributed by atoms with van der Waals surface area (Å²) in [5.74, 6) is 1.87. The maximum atomic E-state index is 4.52. The minimum atomic E-state index is 0.252. The molecule has 2 aliphatic rings. The molecule has 0 radical (unpaired) electrons. The van der Waals surface area contributed by atoms with Crippen LogP contribution in [0, 0.1) is 6.92 Å². The highest BCUT2D eigenvalue weighted by molar-refractivity contribution is 7.09. The van der Waals surface area contributed by atoms with Gasteiger partial charge < -0.3 is 4.90 Å². The zero-order valence-electron chi connectivity index (χ0n) is 13.6. The topological polar surface area (TPSA) is 75.9 Å². The molecule has 2 aromatic rings. The summed E-state index contributed by atoms with van der Waals surface area (Å²) >= 11 is 1.50. The Morgan fingerprint density at radius 2 is 2.04 bits per heavy atom. The molecule has 23 heavy (non-hydrogen) atoms. The maximum Gasteiger partial charge on any atom is 0.205 e. The molecule has 9 heteroatoms. The van der Waals surface area contributed by atoms with E-state index in [4.69, 9.17) is 0 Å². The maximum absolute atomic E-state index is 4.52. The Morgan fingerprint density at radius 1 is 1.17 bits per heavy atom. The number of aromatic nitrogens is 6. The number of hydrogen-bond acceptors (Lipinski definition) is 8. The Morgan fingerprint density at radius 3 is 2.78 bits per heavy atom. The molecule has 1 aliphatic carbocycles. The van der Waals surface area contributed by atoms with Gasteiger partial charge in [-0.15, -0.1) is 5.10 Å². The van der Waals surface area contributed by atoms with E-state index in [0.717, 1.165) is 49.4 Å². The fraction of sp³-hybridized carbons (Fsp3) is 0.786. The van der Waals surface area contributed by atoms with E-state index in [1.165, 1.54) is 24.4 Å². The molecular weight excluding hydrogens is 312 g/mol. The van der Waals surface area contributed by atoms with Crippen LogP contribution in [0.2, 0.25) is 0 Å². The van der Waals surface area contributed by atoms with Crippen LogP contribution in [0.4, 0.5) is 5.13 Å². The van der Waals surface area contributed by atoms with Gasteiger partial charge in [0.15, 0.2) is 5.82 Å². The molecule has 4 rings (SSSR count). The number of aryl methyl sites for hydroxylation is 1. The summed E-state index contributed by atoms with van der Waals surface area (Å²) in [7, 11) is 0. The fourth-order valence-corrected chi connectivity index (χ4v) is 3.87. The fourth-order valence-electron chi connectivity index (χ4n) is 3.15. The molecule has 124 valence electrons. The van der Waals surface area contributed by atoms with Crippen molar-refractivity contribution in [2.75, 3.05) is 31.1 Å². The normalized spacial score (nSPS) is 21.4. The first kappa shape index (κ1) is 14.9. The standard InChI is InChI=1S/C14H22N8S/c1-10(13-16-18-19-22(13)12-4-5-12)20-6-3-7-21(9-8-20)14-15-11(2)17-23-14/h10,12H,3-9H2,1-2H3/t10-/m1/s1. The van der Waals surface area contributed by atoms with Crippen LogP contribution in [0.25, 0.3) is 0 Å². The van der Waals surface area contributed by atoms with E-state index in [-0.39, 0.29) is 6.04 Å². The van der Waals surface area contributed by atoms with Crippen molar-refractivity contribution in [3.63, 3.8) is 0 Å². The Labute approximate surface area is 139 Å². The van der Waals surface area contributed by atoms with Crippen LogP contribution >= 0.6 is 11.5 Å². The van der Waals surface area contributed by atoms with Crippen LogP contribution in [0.15, 0.2) is 0 Å². The van der Waals surface area contributed by atoms with Crippen LogP contribution in [0.1, 0.15) is 49.9 Å². The molecule has 0 aromatic carbocycles. The second-order valence-electron chi connectivity index (χ2n) is 6.39. The summed E-state index contributed by atoms with van der Waals surface area (Å²) in [4.78, 5) is 9.35. The summed E-state index contributed by atoms with van der Waals surface area (Å²) in [5.41, 5.74) is 0. The Bertz CT molecular complexity index is 663. The lowest BCUT2D eigenvalue weighted by molar-refractivity contribution is 0.212. The van der Waals surface area contributed by atoms with Gasteiger partial charge in [-0.2, -0.15) is 4.37 Å². The zero-order chi connectivity index (χ0) is 15.8. The lowest BCUT2D eigenvalue weighted by Gasteiger charge is -2.26. The zero-order valence-corrected chi connectivity index (χ0v) is 14.4. The quantitative estimate of drug-likeness (QED) is 0.837. The van der Waals surface area contributed by atoms with Gasteiger partial charge in [-0.25, -0.2) is 9.67 Å². The summed E-state index contributed by atoms with van der Waals surface area (Å²) in [6.45, 7) is 8.24. The van der Waals surface area contributed by atoms with Gasteiger partial charge in [-0.3, -0.25) is 4.90 Å². The minimum Gasteiger partial charge on any atom is -0.346 e. The molecule has 0 N–H and O–H groups in total. The predicted molar refractivity (Wildman–Crippen MR) is 87.6 cm³/mol. The first-order chi connectivity index (χ1) is 11.2. The van der Waals surface area contributed by atoms with Gasteiger partial charge in [0.1, 0.15) is 5.82 Å². The summed E-state index contributed by atoms with van der Waals surface area (Å²) in [6.07, 6.45) is 3.53. The van der Waals surface area contributed by atoms with Gasteiger partial charge in [-0.1, -0.05) is 0 Å². The monoisotopic (exact) mass is 334 g/mol. The SMILES string of the molecule is Cc1nsc(N2CCCN([C@H](C)c3nnnn3C3CC3)CC2)n1. The van der Waals surface area contributed by atoms with Crippen molar-refractivity contribution in [1.29, 1.82) is 0 Å². The third-order valence-electron chi connectivity index (χ3n) is 4.65. The highest BCUT2D eigenvalue weighted by Gasteiger charge is 2.32. The molecule has 0 spiro atoms. The van der Waals surface area contributed by atoms with Crippen LogP contribution < -0.4 is 4.90 Å². The number of tetrazole rings is 1. The largest absolute Gasteiger partial charge is 0.346 e. The van der Waals surface area contributed by atoms with Crippen molar-refractivity contribution in [1.82, 2.24) is 34.5 Å². The number of hydrogen-bond donors (Lipinski definition) is 0. The van der Waals surface area contributed by atoms with Gasteiger partial charge in [0.25, 0.3) is 0 Å². The van der Waals surface area contributed by atoms with E-state index >= 15 is 0 Å². The molecular formula is C14H22N8S. The van der Waals surface area contributed by atoms with Crippen molar-refractivity contribution >= 4 is 16.7 Å². The van der Waals surface area contributed by atoms with Crippen LogP contribution in [0.3, 0.4) is 0 Å². The molecule has 0 bridgehead atoms. The number of nitrogens with zero attached hydrogens (tertiary/aromatic N) is 8. The summed E-state index contributed by atoms with van der Waals surface area (Å²) < 4.78 is 6.33. The molecule has 1 atom stereocenters. The van der Waals surface area contributed by atoms with E-state index in [9.17, 15) is 0 Å². The van der Waals surface area contributed by atoms with Crippen LogP contribution in [-0.4, -0.2) is 60.6 Å².